The summed E-state index contributed by atoms with van der Waals surface area (Å²) in [6.45, 7) is 5.72. The molecule has 94 valence electrons. The number of hydrogen-bond acceptors (Lipinski definition) is 2. The molecule has 0 heterocycles. The zero-order valence-electron chi connectivity index (χ0n) is 10.6. The maximum Gasteiger partial charge on any atom is 0.252 e. The first-order valence-electron chi connectivity index (χ1n) is 5.48. The summed E-state index contributed by atoms with van der Waals surface area (Å²) in [6.07, 6.45) is 1.96. The lowest BCUT2D eigenvalue weighted by Crippen LogP contribution is -2.49. The van der Waals surface area contributed by atoms with Crippen molar-refractivity contribution in [3.63, 3.8) is 0 Å². The Hall–Kier alpha value is -0.670. The highest BCUT2D eigenvalue weighted by atomic mass is 35.5. The van der Waals surface area contributed by atoms with Crippen molar-refractivity contribution in [2.75, 3.05) is 6.26 Å². The van der Waals surface area contributed by atoms with Crippen LogP contribution in [0.25, 0.3) is 0 Å². The van der Waals surface area contributed by atoms with Gasteiger partial charge in [-0.25, -0.2) is 0 Å². The summed E-state index contributed by atoms with van der Waals surface area (Å²) in [5.74, 6) is -0.0764. The molecular weight excluding hydrogens is 254 g/mol. The molecule has 1 aromatic carbocycles. The molecule has 0 aliphatic heterocycles. The molecule has 0 fully saturated rings. The van der Waals surface area contributed by atoms with E-state index in [1.54, 1.807) is 11.8 Å². The molecule has 4 heteroatoms. The first-order valence-corrected chi connectivity index (χ1v) is 7.14. The third kappa shape index (κ3) is 3.65. The number of hydrogen-bond donors (Lipinski definition) is 1. The summed E-state index contributed by atoms with van der Waals surface area (Å²) in [7, 11) is 0. The highest BCUT2D eigenvalue weighted by Gasteiger charge is 2.27. The maximum absolute atomic E-state index is 12.2. The number of benzene rings is 1. The number of thioether (sulfide) groups is 1. The third-order valence-electron chi connectivity index (χ3n) is 2.78. The predicted molar refractivity (Wildman–Crippen MR) is 75.1 cm³/mol. The lowest BCUT2D eigenvalue weighted by molar-refractivity contribution is 0.0909. The van der Waals surface area contributed by atoms with Crippen molar-refractivity contribution >= 4 is 29.3 Å². The van der Waals surface area contributed by atoms with Crippen LogP contribution >= 0.6 is 23.4 Å². The number of carbonyl (C=O) groups is 1. The van der Waals surface area contributed by atoms with Crippen LogP contribution in [0.15, 0.2) is 29.2 Å². The van der Waals surface area contributed by atoms with Gasteiger partial charge >= 0.3 is 0 Å². The molecule has 0 aliphatic rings. The molecule has 0 saturated carbocycles. The van der Waals surface area contributed by atoms with Gasteiger partial charge in [-0.1, -0.05) is 12.1 Å². The van der Waals surface area contributed by atoms with E-state index in [4.69, 9.17) is 11.6 Å². The zero-order chi connectivity index (χ0) is 13.1. The first-order chi connectivity index (χ1) is 7.88. The Balaban J connectivity index is 2.91. The molecule has 0 aromatic heterocycles. The van der Waals surface area contributed by atoms with Gasteiger partial charge in [0.1, 0.15) is 0 Å². The Morgan fingerprint density at radius 1 is 1.41 bits per heavy atom. The van der Waals surface area contributed by atoms with Crippen LogP contribution < -0.4 is 5.32 Å². The van der Waals surface area contributed by atoms with Crippen LogP contribution in [0.3, 0.4) is 0 Å². The van der Waals surface area contributed by atoms with E-state index in [2.05, 4.69) is 5.32 Å². The molecule has 0 bridgehead atoms. The molecule has 1 atom stereocenters. The van der Waals surface area contributed by atoms with E-state index in [1.165, 1.54) is 0 Å². The molecule has 17 heavy (non-hydrogen) atoms. The number of rotatable bonds is 4. The predicted octanol–water partition coefficient (Wildman–Crippen LogP) is 3.54. The Bertz CT molecular complexity index is 404. The van der Waals surface area contributed by atoms with Crippen LogP contribution in [-0.2, 0) is 0 Å². The van der Waals surface area contributed by atoms with Crippen molar-refractivity contribution in [1.29, 1.82) is 0 Å². The molecular formula is C13H18ClNOS. The van der Waals surface area contributed by atoms with Crippen molar-refractivity contribution in [3.05, 3.63) is 29.8 Å². The van der Waals surface area contributed by atoms with E-state index in [1.807, 2.05) is 51.3 Å². The van der Waals surface area contributed by atoms with E-state index >= 15 is 0 Å². The van der Waals surface area contributed by atoms with Gasteiger partial charge in [0.2, 0.25) is 0 Å². The Morgan fingerprint density at radius 3 is 2.53 bits per heavy atom. The van der Waals surface area contributed by atoms with Crippen molar-refractivity contribution < 1.29 is 4.79 Å². The number of alkyl halides is 1. The molecule has 1 unspecified atom stereocenters. The number of amides is 1. The van der Waals surface area contributed by atoms with Crippen molar-refractivity contribution in [1.82, 2.24) is 5.32 Å². The monoisotopic (exact) mass is 271 g/mol. The minimum absolute atomic E-state index is 0.0764. The first kappa shape index (κ1) is 14.4. The van der Waals surface area contributed by atoms with Crippen LogP contribution in [-0.4, -0.2) is 23.1 Å². The standard InChI is InChI=1S/C13H18ClNOS/c1-9(14)13(2,3)15-12(16)10-7-5-6-8-11(10)17-4/h5-9H,1-4H3,(H,15,16). The van der Waals surface area contributed by atoms with E-state index in [0.29, 0.717) is 5.56 Å². The molecule has 0 saturated heterocycles. The highest BCUT2D eigenvalue weighted by molar-refractivity contribution is 7.98. The average molecular weight is 272 g/mol. The van der Waals surface area contributed by atoms with Crippen LogP contribution in [0.1, 0.15) is 31.1 Å². The molecule has 1 N–H and O–H groups in total. The number of carbonyl (C=O) groups excluding carboxylic acids is 1. The molecule has 1 rings (SSSR count). The average Bonchev–Trinajstić information content (AvgIpc) is 2.28. The Morgan fingerprint density at radius 2 is 2.00 bits per heavy atom. The summed E-state index contributed by atoms with van der Waals surface area (Å²) < 4.78 is 0. The van der Waals surface area contributed by atoms with Crippen molar-refractivity contribution in [2.45, 2.75) is 36.6 Å². The van der Waals surface area contributed by atoms with Crippen LogP contribution in [0.4, 0.5) is 0 Å². The van der Waals surface area contributed by atoms with Gasteiger partial charge < -0.3 is 5.32 Å². The van der Waals surface area contributed by atoms with Crippen LogP contribution in [0.5, 0.6) is 0 Å². The molecule has 0 spiro atoms. The van der Waals surface area contributed by atoms with Crippen LogP contribution in [0, 0.1) is 0 Å². The Kier molecular flexibility index (Phi) is 4.90. The van der Waals surface area contributed by atoms with Gasteiger partial charge in [-0.05, 0) is 39.2 Å². The smallest absolute Gasteiger partial charge is 0.252 e. The van der Waals surface area contributed by atoms with Gasteiger partial charge in [0.25, 0.3) is 5.91 Å². The largest absolute Gasteiger partial charge is 0.346 e. The summed E-state index contributed by atoms with van der Waals surface area (Å²) in [6, 6.07) is 7.57. The zero-order valence-corrected chi connectivity index (χ0v) is 12.2. The highest BCUT2D eigenvalue weighted by Crippen LogP contribution is 2.21. The second-order valence-electron chi connectivity index (χ2n) is 4.49. The molecule has 1 amide bonds. The third-order valence-corrected chi connectivity index (χ3v) is 4.12. The summed E-state index contributed by atoms with van der Waals surface area (Å²) in [5, 5.41) is 2.83. The van der Waals surface area contributed by atoms with Crippen molar-refractivity contribution in [2.24, 2.45) is 0 Å². The minimum atomic E-state index is -0.426. The van der Waals surface area contributed by atoms with E-state index < -0.39 is 5.54 Å². The summed E-state index contributed by atoms with van der Waals surface area (Å²) in [4.78, 5) is 13.1. The molecule has 2 nitrogen and oxygen atoms in total. The van der Waals surface area contributed by atoms with Crippen LogP contribution in [0.2, 0.25) is 0 Å². The van der Waals surface area contributed by atoms with Gasteiger partial charge in [0.15, 0.2) is 0 Å². The molecule has 1 aromatic rings. The van der Waals surface area contributed by atoms with Gasteiger partial charge in [-0.15, -0.1) is 23.4 Å². The summed E-state index contributed by atoms with van der Waals surface area (Å²) in [5.41, 5.74) is 0.273. The van der Waals surface area contributed by atoms with Gasteiger partial charge in [0, 0.05) is 4.90 Å². The second kappa shape index (κ2) is 5.78. The maximum atomic E-state index is 12.2. The quantitative estimate of drug-likeness (QED) is 0.670. The molecule has 0 radical (unpaired) electrons. The Labute approximate surface area is 112 Å². The van der Waals surface area contributed by atoms with Gasteiger partial charge in [-0.3, -0.25) is 4.79 Å². The lowest BCUT2D eigenvalue weighted by atomic mass is 10.0. The van der Waals surface area contributed by atoms with E-state index in [0.717, 1.165) is 4.90 Å². The molecule has 0 aliphatic carbocycles. The topological polar surface area (TPSA) is 29.1 Å². The summed E-state index contributed by atoms with van der Waals surface area (Å²) >= 11 is 7.62. The van der Waals surface area contributed by atoms with E-state index in [9.17, 15) is 4.79 Å². The SMILES string of the molecule is CSc1ccccc1C(=O)NC(C)(C)C(C)Cl. The van der Waals surface area contributed by atoms with Gasteiger partial charge in [-0.2, -0.15) is 0 Å². The van der Waals surface area contributed by atoms with Crippen molar-refractivity contribution in [3.8, 4) is 0 Å². The normalized spacial score (nSPS) is 13.2. The second-order valence-corrected chi connectivity index (χ2v) is 5.99. The van der Waals surface area contributed by atoms with E-state index in [-0.39, 0.29) is 11.3 Å². The number of nitrogens with one attached hydrogen (secondary N) is 1. The fourth-order valence-corrected chi connectivity index (χ4v) is 1.94. The minimum Gasteiger partial charge on any atom is -0.346 e. The van der Waals surface area contributed by atoms with Gasteiger partial charge in [0.05, 0.1) is 16.5 Å². The fourth-order valence-electron chi connectivity index (χ4n) is 1.29. The number of halogens is 1. The lowest BCUT2D eigenvalue weighted by Gasteiger charge is -2.29. The fraction of sp³-hybridized carbons (Fsp3) is 0.462.